The summed E-state index contributed by atoms with van der Waals surface area (Å²) in [5.41, 5.74) is 1.89. The zero-order valence-corrected chi connectivity index (χ0v) is 15.2. The maximum absolute atomic E-state index is 12.7. The van der Waals surface area contributed by atoms with Crippen LogP contribution in [0.1, 0.15) is 34.6 Å². The van der Waals surface area contributed by atoms with E-state index < -0.39 is 0 Å². The third-order valence-electron chi connectivity index (χ3n) is 4.21. The van der Waals surface area contributed by atoms with Crippen LogP contribution in [-0.4, -0.2) is 17.9 Å². The van der Waals surface area contributed by atoms with Crippen LogP contribution in [0, 0.1) is 0 Å². The summed E-state index contributed by atoms with van der Waals surface area (Å²) in [5, 5.41) is 0. The van der Waals surface area contributed by atoms with Gasteiger partial charge < -0.3 is 9.32 Å². The van der Waals surface area contributed by atoms with Gasteiger partial charge in [-0.25, -0.2) is 0 Å². The fourth-order valence-electron chi connectivity index (χ4n) is 2.53. The zero-order chi connectivity index (χ0) is 17.6. The average Bonchev–Trinajstić information content (AvgIpc) is 3.20. The SMILES string of the molecule is CC(c1ccco1)N(C)C(=O)c1ccc(CSc2ccccc2)cc1. The molecule has 0 spiro atoms. The Hall–Kier alpha value is -2.46. The lowest BCUT2D eigenvalue weighted by Gasteiger charge is -2.23. The van der Waals surface area contributed by atoms with Crippen molar-refractivity contribution in [2.24, 2.45) is 0 Å². The Morgan fingerprint density at radius 2 is 1.76 bits per heavy atom. The molecule has 1 atom stereocenters. The van der Waals surface area contributed by atoms with Crippen LogP contribution in [0.15, 0.2) is 82.3 Å². The molecule has 1 unspecified atom stereocenters. The van der Waals surface area contributed by atoms with Crippen LogP contribution >= 0.6 is 11.8 Å². The van der Waals surface area contributed by atoms with Gasteiger partial charge in [0.05, 0.1) is 12.3 Å². The number of carbonyl (C=O) groups excluding carboxylic acids is 1. The van der Waals surface area contributed by atoms with E-state index in [0.717, 1.165) is 11.5 Å². The number of benzene rings is 2. The van der Waals surface area contributed by atoms with E-state index in [0.29, 0.717) is 5.56 Å². The molecule has 25 heavy (non-hydrogen) atoms. The second kappa shape index (κ2) is 8.08. The van der Waals surface area contributed by atoms with Gasteiger partial charge in [-0.3, -0.25) is 4.79 Å². The number of hydrogen-bond acceptors (Lipinski definition) is 3. The highest BCUT2D eigenvalue weighted by atomic mass is 32.2. The predicted molar refractivity (Wildman–Crippen MR) is 102 cm³/mol. The summed E-state index contributed by atoms with van der Waals surface area (Å²) in [6, 6.07) is 21.8. The van der Waals surface area contributed by atoms with E-state index >= 15 is 0 Å². The number of thioether (sulfide) groups is 1. The number of amides is 1. The average molecular weight is 351 g/mol. The van der Waals surface area contributed by atoms with E-state index in [-0.39, 0.29) is 11.9 Å². The molecule has 0 saturated carbocycles. The van der Waals surface area contributed by atoms with Crippen LogP contribution in [0.4, 0.5) is 0 Å². The van der Waals surface area contributed by atoms with Gasteiger partial charge in [0, 0.05) is 23.3 Å². The lowest BCUT2D eigenvalue weighted by Crippen LogP contribution is -2.29. The van der Waals surface area contributed by atoms with Crippen LogP contribution in [0.25, 0.3) is 0 Å². The molecular weight excluding hydrogens is 330 g/mol. The van der Waals surface area contributed by atoms with Crippen LogP contribution in [0.2, 0.25) is 0 Å². The maximum Gasteiger partial charge on any atom is 0.254 e. The van der Waals surface area contributed by atoms with E-state index in [9.17, 15) is 4.79 Å². The molecule has 1 aromatic heterocycles. The minimum absolute atomic E-state index is 0.00818. The van der Waals surface area contributed by atoms with Crippen molar-refractivity contribution in [3.05, 3.63) is 89.9 Å². The van der Waals surface area contributed by atoms with E-state index in [2.05, 4.69) is 12.1 Å². The van der Waals surface area contributed by atoms with Crippen LogP contribution in [0.5, 0.6) is 0 Å². The largest absolute Gasteiger partial charge is 0.467 e. The molecule has 3 nitrogen and oxygen atoms in total. The highest BCUT2D eigenvalue weighted by molar-refractivity contribution is 7.98. The Bertz CT molecular complexity index is 798. The summed E-state index contributed by atoms with van der Waals surface area (Å²) in [6.07, 6.45) is 1.63. The van der Waals surface area contributed by atoms with Crippen molar-refractivity contribution >= 4 is 17.7 Å². The summed E-state index contributed by atoms with van der Waals surface area (Å²) in [4.78, 5) is 15.6. The van der Waals surface area contributed by atoms with Crippen molar-refractivity contribution < 1.29 is 9.21 Å². The Labute approximate surface area is 152 Å². The summed E-state index contributed by atoms with van der Waals surface area (Å²) < 4.78 is 5.40. The molecule has 0 aliphatic heterocycles. The van der Waals surface area contributed by atoms with E-state index in [1.165, 1.54) is 10.5 Å². The van der Waals surface area contributed by atoms with Gasteiger partial charge in [0.2, 0.25) is 0 Å². The summed E-state index contributed by atoms with van der Waals surface area (Å²) in [5.74, 6) is 1.66. The van der Waals surface area contributed by atoms with Gasteiger partial charge in [-0.1, -0.05) is 30.3 Å². The van der Waals surface area contributed by atoms with Crippen molar-refractivity contribution in [3.63, 3.8) is 0 Å². The van der Waals surface area contributed by atoms with Crippen LogP contribution < -0.4 is 0 Å². The molecule has 0 fully saturated rings. The summed E-state index contributed by atoms with van der Waals surface area (Å²) in [7, 11) is 1.80. The molecule has 4 heteroatoms. The van der Waals surface area contributed by atoms with Gasteiger partial charge in [0.25, 0.3) is 5.91 Å². The number of hydrogen-bond donors (Lipinski definition) is 0. The third kappa shape index (κ3) is 4.34. The van der Waals surface area contributed by atoms with Gasteiger partial charge >= 0.3 is 0 Å². The third-order valence-corrected chi connectivity index (χ3v) is 5.29. The molecule has 2 aromatic carbocycles. The molecule has 128 valence electrons. The monoisotopic (exact) mass is 351 g/mol. The number of carbonyl (C=O) groups is 1. The summed E-state index contributed by atoms with van der Waals surface area (Å²) >= 11 is 1.79. The number of rotatable bonds is 6. The first kappa shape index (κ1) is 17.4. The van der Waals surface area contributed by atoms with E-state index in [4.69, 9.17) is 4.42 Å². The lowest BCUT2D eigenvalue weighted by molar-refractivity contribution is 0.0726. The fourth-order valence-corrected chi connectivity index (χ4v) is 3.40. The molecule has 0 saturated heterocycles. The zero-order valence-electron chi connectivity index (χ0n) is 14.4. The van der Waals surface area contributed by atoms with Crippen LogP contribution in [-0.2, 0) is 5.75 Å². The van der Waals surface area contributed by atoms with Crippen molar-refractivity contribution in [3.8, 4) is 0 Å². The quantitative estimate of drug-likeness (QED) is 0.557. The normalized spacial score (nSPS) is 11.9. The van der Waals surface area contributed by atoms with Crippen molar-refractivity contribution in [1.29, 1.82) is 0 Å². The second-order valence-electron chi connectivity index (χ2n) is 5.91. The van der Waals surface area contributed by atoms with Crippen molar-refractivity contribution in [2.75, 3.05) is 7.05 Å². The lowest BCUT2D eigenvalue weighted by atomic mass is 10.1. The maximum atomic E-state index is 12.7. The Balaban J connectivity index is 1.62. The first-order valence-corrected chi connectivity index (χ1v) is 9.21. The highest BCUT2D eigenvalue weighted by Gasteiger charge is 2.20. The minimum Gasteiger partial charge on any atom is -0.467 e. The standard InChI is InChI=1S/C21H21NO2S/c1-16(20-9-6-14-24-20)22(2)21(23)18-12-10-17(11-13-18)15-25-19-7-4-3-5-8-19/h3-14,16H,15H2,1-2H3. The molecule has 0 aliphatic rings. The molecule has 0 aliphatic carbocycles. The molecule has 3 aromatic rings. The second-order valence-corrected chi connectivity index (χ2v) is 6.95. The van der Waals surface area contributed by atoms with E-state index in [1.807, 2.05) is 61.5 Å². The smallest absolute Gasteiger partial charge is 0.254 e. The fraction of sp³-hybridized carbons (Fsp3) is 0.190. The predicted octanol–water partition coefficient (Wildman–Crippen LogP) is 5.41. The Morgan fingerprint density at radius 3 is 2.40 bits per heavy atom. The molecule has 0 N–H and O–H groups in total. The van der Waals surface area contributed by atoms with Gasteiger partial charge in [0.15, 0.2) is 0 Å². The Morgan fingerprint density at radius 1 is 1.04 bits per heavy atom. The number of nitrogens with zero attached hydrogens (tertiary/aromatic N) is 1. The summed E-state index contributed by atoms with van der Waals surface area (Å²) in [6.45, 7) is 1.96. The molecular formula is C21H21NO2S. The van der Waals surface area contributed by atoms with Crippen LogP contribution in [0.3, 0.4) is 0 Å². The van der Waals surface area contributed by atoms with Crippen molar-refractivity contribution in [1.82, 2.24) is 4.90 Å². The van der Waals surface area contributed by atoms with Gasteiger partial charge in [-0.15, -0.1) is 11.8 Å². The molecule has 1 amide bonds. The molecule has 0 bridgehead atoms. The molecule has 0 radical (unpaired) electrons. The first-order valence-electron chi connectivity index (χ1n) is 8.22. The topological polar surface area (TPSA) is 33.5 Å². The molecule has 1 heterocycles. The van der Waals surface area contributed by atoms with Crippen molar-refractivity contribution in [2.45, 2.75) is 23.6 Å². The molecule has 3 rings (SSSR count). The highest BCUT2D eigenvalue weighted by Crippen LogP contribution is 2.24. The number of furan rings is 1. The van der Waals surface area contributed by atoms with Gasteiger partial charge in [0.1, 0.15) is 5.76 Å². The van der Waals surface area contributed by atoms with Gasteiger partial charge in [-0.05, 0) is 48.9 Å². The Kier molecular flexibility index (Phi) is 5.61. The van der Waals surface area contributed by atoms with Gasteiger partial charge in [-0.2, -0.15) is 0 Å². The minimum atomic E-state index is -0.101. The first-order chi connectivity index (χ1) is 12.1. The van der Waals surface area contributed by atoms with E-state index in [1.54, 1.807) is 30.0 Å².